The molecule has 3 N–H and O–H groups in total. The van der Waals surface area contributed by atoms with Crippen molar-refractivity contribution in [3.8, 4) is 0 Å². The molecule has 4 unspecified atom stereocenters. The van der Waals surface area contributed by atoms with Crippen LogP contribution in [0.4, 0.5) is 5.69 Å². The lowest BCUT2D eigenvalue weighted by Gasteiger charge is -2.38. The number of aryl methyl sites for hydroxylation is 1. The summed E-state index contributed by atoms with van der Waals surface area (Å²) in [5.41, 5.74) is 5.02. The molecule has 0 aliphatic carbocycles. The summed E-state index contributed by atoms with van der Waals surface area (Å²) in [7, 11) is -3.97. The number of aliphatic hydroxyl groups is 1. The third-order valence-electron chi connectivity index (χ3n) is 9.70. The summed E-state index contributed by atoms with van der Waals surface area (Å²) in [6.07, 6.45) is 6.31. The van der Waals surface area contributed by atoms with E-state index in [-0.39, 0.29) is 30.1 Å². The molecule has 0 bridgehead atoms. The van der Waals surface area contributed by atoms with Gasteiger partial charge in [0.1, 0.15) is 6.04 Å². The van der Waals surface area contributed by atoms with Crippen LogP contribution in [0, 0.1) is 6.92 Å². The highest BCUT2D eigenvalue weighted by Crippen LogP contribution is 2.38. The average Bonchev–Trinajstić information content (AvgIpc) is 3.13. The van der Waals surface area contributed by atoms with Crippen LogP contribution in [0.15, 0.2) is 108 Å². The molecule has 9 nitrogen and oxygen atoms in total. The average molecular weight is 712 g/mol. The monoisotopic (exact) mass is 711 g/mol. The zero-order valence-corrected chi connectivity index (χ0v) is 30.1. The first kappa shape index (κ1) is 36.9. The minimum atomic E-state index is -3.97. The molecule has 2 aliphatic rings. The molecular weight excluding hydrogens is 663 g/mol. The van der Waals surface area contributed by atoms with E-state index in [0.717, 1.165) is 53.9 Å². The number of anilines is 1. The molecule has 1 amide bonds. The normalized spacial score (nSPS) is 20.9. The van der Waals surface area contributed by atoms with E-state index in [0.29, 0.717) is 5.69 Å². The van der Waals surface area contributed by atoms with E-state index in [9.17, 15) is 18.3 Å². The number of amides is 1. The molecule has 0 aromatic heterocycles. The number of nitrogens with zero attached hydrogens (tertiary/aromatic N) is 1. The Morgan fingerprint density at radius 1 is 0.804 bits per heavy atom. The number of nitrogens with one attached hydrogen (secondary N) is 2. The zero-order chi connectivity index (χ0) is 35.6. The van der Waals surface area contributed by atoms with Gasteiger partial charge in [0.15, 0.2) is 6.29 Å². The van der Waals surface area contributed by atoms with Crippen LogP contribution in [0.2, 0.25) is 0 Å². The molecule has 6 rings (SSSR count). The summed E-state index contributed by atoms with van der Waals surface area (Å²) < 4.78 is 42.5. The highest BCUT2D eigenvalue weighted by atomic mass is 32.2. The largest absolute Gasteiger partial charge is 0.392 e. The second-order valence-electron chi connectivity index (χ2n) is 13.7. The number of hydrogen-bond acceptors (Lipinski definition) is 7. The first-order valence-electron chi connectivity index (χ1n) is 18.0. The van der Waals surface area contributed by atoms with Crippen molar-refractivity contribution in [3.05, 3.63) is 131 Å². The smallest absolute Gasteiger partial charge is 0.242 e. The number of rotatable bonds is 12. The van der Waals surface area contributed by atoms with Gasteiger partial charge < -0.3 is 24.8 Å². The summed E-state index contributed by atoms with van der Waals surface area (Å²) in [4.78, 5) is 16.3. The Balaban J connectivity index is 1.17. The van der Waals surface area contributed by atoms with Gasteiger partial charge in [-0.1, -0.05) is 104 Å². The van der Waals surface area contributed by atoms with Crippen LogP contribution in [-0.2, 0) is 37.3 Å². The van der Waals surface area contributed by atoms with Gasteiger partial charge in [-0.15, -0.1) is 0 Å². The molecule has 0 radical (unpaired) electrons. The second-order valence-corrected chi connectivity index (χ2v) is 15.4. The van der Waals surface area contributed by atoms with Crippen LogP contribution in [-0.4, -0.2) is 56.1 Å². The van der Waals surface area contributed by atoms with Crippen LogP contribution in [0.25, 0.3) is 0 Å². The lowest BCUT2D eigenvalue weighted by Crippen LogP contribution is -2.45. The molecule has 2 fully saturated rings. The Morgan fingerprint density at radius 2 is 1.45 bits per heavy atom. The number of sulfonamides is 1. The fraction of sp³-hybridized carbons (Fsp3) is 0.390. The summed E-state index contributed by atoms with van der Waals surface area (Å²) in [5.74, 6) is -0.466. The van der Waals surface area contributed by atoms with E-state index in [2.05, 4.69) is 14.9 Å². The van der Waals surface area contributed by atoms with Crippen molar-refractivity contribution in [2.24, 2.45) is 0 Å². The maximum atomic E-state index is 13.7. The highest BCUT2D eigenvalue weighted by Gasteiger charge is 2.33. The molecule has 51 heavy (non-hydrogen) atoms. The topological polar surface area (TPSA) is 117 Å². The van der Waals surface area contributed by atoms with Gasteiger partial charge in [0, 0.05) is 24.2 Å². The number of carbonyl (C=O) groups is 1. The molecule has 10 heteroatoms. The number of carbonyl (C=O) groups excluding carboxylic acids is 1. The predicted octanol–water partition coefficient (Wildman–Crippen LogP) is 6.83. The van der Waals surface area contributed by atoms with Gasteiger partial charge >= 0.3 is 0 Å². The molecule has 2 saturated heterocycles. The minimum Gasteiger partial charge on any atom is -0.392 e. The van der Waals surface area contributed by atoms with Gasteiger partial charge in [0.05, 0.1) is 23.7 Å². The molecule has 0 spiro atoms. The van der Waals surface area contributed by atoms with Crippen molar-refractivity contribution in [1.29, 1.82) is 0 Å². The highest BCUT2D eigenvalue weighted by molar-refractivity contribution is 7.89. The van der Waals surface area contributed by atoms with E-state index in [4.69, 9.17) is 9.47 Å². The third kappa shape index (κ3) is 10.3. The van der Waals surface area contributed by atoms with Crippen molar-refractivity contribution < 1.29 is 27.8 Å². The SMILES string of the molecule is Cc1ccc(S(=O)(=O)NC(Cc2ccccc2)C(=O)Nc2ccc(C3OC(CN4CCCCCCC4)CC(c4ccc(CO)cc4)O3)cc2)cc1. The van der Waals surface area contributed by atoms with Gasteiger partial charge in [0.2, 0.25) is 15.9 Å². The van der Waals surface area contributed by atoms with Gasteiger partial charge in [-0.2, -0.15) is 4.72 Å². The van der Waals surface area contributed by atoms with Gasteiger partial charge in [-0.25, -0.2) is 8.42 Å². The van der Waals surface area contributed by atoms with Gasteiger partial charge in [0.25, 0.3) is 0 Å². The number of benzene rings is 4. The Hall–Kier alpha value is -3.90. The van der Waals surface area contributed by atoms with Crippen LogP contribution in [0.1, 0.15) is 78.7 Å². The molecule has 270 valence electrons. The number of hydrogen-bond donors (Lipinski definition) is 3. The van der Waals surface area contributed by atoms with Crippen LogP contribution in [0.3, 0.4) is 0 Å². The number of aliphatic hydroxyl groups excluding tert-OH is 1. The Morgan fingerprint density at radius 3 is 2.12 bits per heavy atom. The summed E-state index contributed by atoms with van der Waals surface area (Å²) >= 11 is 0. The molecule has 4 aromatic carbocycles. The molecule has 2 heterocycles. The number of likely N-dealkylation sites (tertiary alicyclic amines) is 1. The molecule has 0 saturated carbocycles. The first-order valence-corrected chi connectivity index (χ1v) is 19.5. The fourth-order valence-electron chi connectivity index (χ4n) is 6.78. The first-order chi connectivity index (χ1) is 24.8. The molecular formula is C41H49N3O6S. The lowest BCUT2D eigenvalue weighted by atomic mass is 9.99. The summed E-state index contributed by atoms with van der Waals surface area (Å²) in [5, 5.41) is 12.5. The van der Waals surface area contributed by atoms with Gasteiger partial charge in [-0.05, 0) is 80.2 Å². The van der Waals surface area contributed by atoms with Crippen LogP contribution < -0.4 is 10.0 Å². The van der Waals surface area contributed by atoms with E-state index in [1.165, 1.54) is 44.2 Å². The van der Waals surface area contributed by atoms with Crippen molar-refractivity contribution in [2.45, 2.75) is 87.9 Å². The molecule has 2 aliphatic heterocycles. The minimum absolute atomic E-state index is 0.0103. The maximum absolute atomic E-state index is 13.7. The molecule has 4 atom stereocenters. The number of ether oxygens (including phenoxy) is 2. The lowest BCUT2D eigenvalue weighted by molar-refractivity contribution is -0.253. The zero-order valence-electron chi connectivity index (χ0n) is 29.2. The van der Waals surface area contributed by atoms with Crippen molar-refractivity contribution >= 4 is 21.6 Å². The van der Waals surface area contributed by atoms with Crippen LogP contribution >= 0.6 is 0 Å². The Labute approximate surface area is 302 Å². The van der Waals surface area contributed by atoms with Crippen molar-refractivity contribution in [2.75, 3.05) is 25.0 Å². The maximum Gasteiger partial charge on any atom is 0.242 e. The van der Waals surface area contributed by atoms with E-state index >= 15 is 0 Å². The Bertz CT molecular complexity index is 1790. The molecule has 4 aromatic rings. The quantitative estimate of drug-likeness (QED) is 0.148. The van der Waals surface area contributed by atoms with Crippen molar-refractivity contribution in [3.63, 3.8) is 0 Å². The summed E-state index contributed by atoms with van der Waals surface area (Å²) in [6, 6.07) is 30.1. The predicted molar refractivity (Wildman–Crippen MR) is 198 cm³/mol. The van der Waals surface area contributed by atoms with Crippen molar-refractivity contribution in [1.82, 2.24) is 9.62 Å². The fourth-order valence-corrected chi connectivity index (χ4v) is 7.98. The van der Waals surface area contributed by atoms with Crippen LogP contribution in [0.5, 0.6) is 0 Å². The Kier molecular flexibility index (Phi) is 12.7. The van der Waals surface area contributed by atoms with E-state index in [1.54, 1.807) is 24.3 Å². The standard InChI is InChI=1S/C41H49N3O6S/c1-30-12-22-37(23-13-30)51(47,48)43-38(26-31-10-6-5-7-11-31)40(46)42-35-20-18-34(19-21-35)41-49-36(28-44-24-8-3-2-4-9-25-44)27-39(50-41)33-16-14-32(29-45)15-17-33/h5-7,10-23,36,38-39,41,43,45H,2-4,8-9,24-29H2,1H3,(H,42,46). The second kappa shape index (κ2) is 17.5. The van der Waals surface area contributed by atoms with Gasteiger partial charge in [-0.3, -0.25) is 4.79 Å². The third-order valence-corrected chi connectivity index (χ3v) is 11.2. The van der Waals surface area contributed by atoms with E-state index in [1.807, 2.05) is 73.7 Å². The van der Waals surface area contributed by atoms with E-state index < -0.39 is 28.3 Å². The summed E-state index contributed by atoms with van der Waals surface area (Å²) in [6.45, 7) is 4.85.